The minimum Gasteiger partial charge on any atom is -0.391 e. The van der Waals surface area contributed by atoms with E-state index in [1.165, 1.54) is 6.42 Å². The van der Waals surface area contributed by atoms with E-state index >= 15 is 0 Å². The smallest absolute Gasteiger partial charge is 0.0695 e. The quantitative estimate of drug-likeness (QED) is 0.771. The topological polar surface area (TPSA) is 49.5 Å². The number of nitrogens with zero attached hydrogens (tertiary/aromatic N) is 1. The summed E-state index contributed by atoms with van der Waals surface area (Å²) in [6.07, 6.45) is 4.26. The van der Waals surface area contributed by atoms with E-state index in [-0.39, 0.29) is 11.5 Å². The number of aliphatic hydroxyl groups excluding tert-OH is 1. The Morgan fingerprint density at radius 3 is 2.31 bits per heavy atom. The van der Waals surface area contributed by atoms with E-state index in [0.717, 1.165) is 19.3 Å². The highest BCUT2D eigenvalue weighted by Gasteiger charge is 2.35. The fourth-order valence-corrected chi connectivity index (χ4v) is 2.93. The largest absolute Gasteiger partial charge is 0.391 e. The lowest BCUT2D eigenvalue weighted by atomic mass is 9.83. The number of likely N-dealkylation sites (N-methyl/N-ethyl adjacent to an activating group) is 1. The second kappa shape index (κ2) is 5.48. The molecule has 3 nitrogen and oxygen atoms in total. The van der Waals surface area contributed by atoms with Crippen LogP contribution in [0.15, 0.2) is 0 Å². The molecule has 0 bridgehead atoms. The van der Waals surface area contributed by atoms with Crippen molar-refractivity contribution in [2.75, 3.05) is 13.6 Å². The number of rotatable bonds is 3. The predicted octanol–water partition coefficient (Wildman–Crippen LogP) is 1.60. The summed E-state index contributed by atoms with van der Waals surface area (Å²) < 4.78 is 0. The van der Waals surface area contributed by atoms with Crippen LogP contribution >= 0.6 is 0 Å². The lowest BCUT2D eigenvalue weighted by Crippen LogP contribution is -2.55. The third-order valence-corrected chi connectivity index (χ3v) is 3.93. The first kappa shape index (κ1) is 13.9. The van der Waals surface area contributed by atoms with Crippen LogP contribution in [0, 0.1) is 5.41 Å². The third kappa shape index (κ3) is 3.19. The molecule has 16 heavy (non-hydrogen) atoms. The van der Waals surface area contributed by atoms with Crippen molar-refractivity contribution in [3.05, 3.63) is 0 Å². The van der Waals surface area contributed by atoms with E-state index in [1.54, 1.807) is 0 Å². The van der Waals surface area contributed by atoms with Gasteiger partial charge in [-0.1, -0.05) is 33.6 Å². The van der Waals surface area contributed by atoms with Gasteiger partial charge in [0.1, 0.15) is 0 Å². The Morgan fingerprint density at radius 1 is 1.31 bits per heavy atom. The monoisotopic (exact) mass is 228 g/mol. The summed E-state index contributed by atoms with van der Waals surface area (Å²) in [5, 5.41) is 10.1. The van der Waals surface area contributed by atoms with Crippen LogP contribution in [-0.2, 0) is 0 Å². The summed E-state index contributed by atoms with van der Waals surface area (Å²) in [6, 6.07) is 0.631. The highest BCUT2D eigenvalue weighted by Crippen LogP contribution is 2.29. The van der Waals surface area contributed by atoms with Gasteiger partial charge in [-0.2, -0.15) is 0 Å². The molecule has 1 fully saturated rings. The molecule has 96 valence electrons. The molecular weight excluding hydrogens is 200 g/mol. The second-order valence-electron chi connectivity index (χ2n) is 6.20. The molecule has 3 unspecified atom stereocenters. The Hall–Kier alpha value is -0.120. The summed E-state index contributed by atoms with van der Waals surface area (Å²) in [4.78, 5) is 2.31. The molecule has 0 heterocycles. The van der Waals surface area contributed by atoms with Crippen molar-refractivity contribution in [3.8, 4) is 0 Å². The van der Waals surface area contributed by atoms with Gasteiger partial charge in [-0.15, -0.1) is 0 Å². The maximum Gasteiger partial charge on any atom is 0.0695 e. The second-order valence-corrected chi connectivity index (χ2v) is 6.20. The zero-order chi connectivity index (χ0) is 12.3. The van der Waals surface area contributed by atoms with Crippen LogP contribution in [0.3, 0.4) is 0 Å². The first-order valence-electron chi connectivity index (χ1n) is 6.48. The molecule has 0 saturated heterocycles. The summed E-state index contributed by atoms with van der Waals surface area (Å²) >= 11 is 0. The zero-order valence-corrected chi connectivity index (χ0v) is 11.2. The molecule has 0 aliphatic heterocycles. The van der Waals surface area contributed by atoms with E-state index in [1.807, 2.05) is 0 Å². The molecule has 0 aromatic rings. The van der Waals surface area contributed by atoms with E-state index in [9.17, 15) is 5.11 Å². The van der Waals surface area contributed by atoms with E-state index in [4.69, 9.17) is 5.73 Å². The van der Waals surface area contributed by atoms with Crippen molar-refractivity contribution in [1.29, 1.82) is 0 Å². The van der Waals surface area contributed by atoms with Crippen molar-refractivity contribution >= 4 is 0 Å². The number of nitrogens with two attached hydrogens (primary N) is 1. The van der Waals surface area contributed by atoms with Crippen molar-refractivity contribution < 1.29 is 5.11 Å². The minimum atomic E-state index is -0.171. The van der Waals surface area contributed by atoms with E-state index in [0.29, 0.717) is 18.6 Å². The van der Waals surface area contributed by atoms with Crippen LogP contribution in [0.5, 0.6) is 0 Å². The molecule has 3 heteroatoms. The van der Waals surface area contributed by atoms with Gasteiger partial charge < -0.3 is 10.8 Å². The predicted molar refractivity (Wildman–Crippen MR) is 68.3 cm³/mol. The normalized spacial score (nSPS) is 29.4. The summed E-state index contributed by atoms with van der Waals surface area (Å²) in [5.74, 6) is 0. The standard InChI is InChI=1S/C13H28N2O/c1-13(2,3)12(9-14)15(4)10-7-5-6-8-11(10)16/h10-12,16H,5-9,14H2,1-4H3. The van der Waals surface area contributed by atoms with Gasteiger partial charge in [0.25, 0.3) is 0 Å². The Morgan fingerprint density at radius 2 is 1.88 bits per heavy atom. The SMILES string of the molecule is CN(C1CCCCC1O)C(CN)C(C)(C)C. The van der Waals surface area contributed by atoms with Gasteiger partial charge in [-0.05, 0) is 25.3 Å². The van der Waals surface area contributed by atoms with Crippen molar-refractivity contribution in [2.24, 2.45) is 11.1 Å². The fraction of sp³-hybridized carbons (Fsp3) is 1.00. The van der Waals surface area contributed by atoms with Gasteiger partial charge in [0.15, 0.2) is 0 Å². The highest BCUT2D eigenvalue weighted by atomic mass is 16.3. The Balaban J connectivity index is 2.70. The van der Waals surface area contributed by atoms with Crippen molar-refractivity contribution in [2.45, 2.75) is 64.6 Å². The molecule has 0 spiro atoms. The van der Waals surface area contributed by atoms with Gasteiger partial charge in [-0.25, -0.2) is 0 Å². The maximum atomic E-state index is 10.1. The molecule has 3 atom stereocenters. The lowest BCUT2D eigenvalue weighted by molar-refractivity contribution is -0.00999. The molecule has 1 rings (SSSR count). The summed E-state index contributed by atoms with van der Waals surface area (Å²) in [5.41, 5.74) is 6.06. The van der Waals surface area contributed by atoms with Crippen LogP contribution in [0.2, 0.25) is 0 Å². The average molecular weight is 228 g/mol. The van der Waals surface area contributed by atoms with Crippen LogP contribution in [0.25, 0.3) is 0 Å². The minimum absolute atomic E-state index is 0.167. The fourth-order valence-electron chi connectivity index (χ4n) is 2.93. The highest BCUT2D eigenvalue weighted by molar-refractivity contribution is 4.90. The number of hydrogen-bond donors (Lipinski definition) is 2. The Labute approximate surface area is 100 Å². The van der Waals surface area contributed by atoms with Crippen LogP contribution in [0.4, 0.5) is 0 Å². The summed E-state index contributed by atoms with van der Waals surface area (Å²) in [7, 11) is 2.11. The molecule has 0 aromatic carbocycles. The first-order valence-corrected chi connectivity index (χ1v) is 6.48. The third-order valence-electron chi connectivity index (χ3n) is 3.93. The molecular formula is C13H28N2O. The van der Waals surface area contributed by atoms with Crippen LogP contribution < -0.4 is 5.73 Å². The number of aliphatic hydroxyl groups is 1. The van der Waals surface area contributed by atoms with Gasteiger partial charge in [0, 0.05) is 18.6 Å². The molecule has 3 N–H and O–H groups in total. The average Bonchev–Trinajstić information content (AvgIpc) is 2.17. The molecule has 0 radical (unpaired) electrons. The van der Waals surface area contributed by atoms with Gasteiger partial charge in [0.2, 0.25) is 0 Å². The molecule has 1 aliphatic carbocycles. The molecule has 0 amide bonds. The first-order chi connectivity index (χ1) is 7.38. The van der Waals surface area contributed by atoms with E-state index in [2.05, 4.69) is 32.7 Å². The number of hydrogen-bond acceptors (Lipinski definition) is 3. The van der Waals surface area contributed by atoms with Crippen LogP contribution in [0.1, 0.15) is 46.5 Å². The Kier molecular flexibility index (Phi) is 4.77. The van der Waals surface area contributed by atoms with Crippen molar-refractivity contribution in [1.82, 2.24) is 4.90 Å². The Bertz CT molecular complexity index is 212. The van der Waals surface area contributed by atoms with Crippen molar-refractivity contribution in [3.63, 3.8) is 0 Å². The zero-order valence-electron chi connectivity index (χ0n) is 11.2. The molecule has 1 saturated carbocycles. The molecule has 0 aromatic heterocycles. The van der Waals surface area contributed by atoms with Gasteiger partial charge in [0.05, 0.1) is 6.10 Å². The molecule has 1 aliphatic rings. The van der Waals surface area contributed by atoms with E-state index < -0.39 is 0 Å². The summed E-state index contributed by atoms with van der Waals surface area (Å²) in [6.45, 7) is 7.31. The van der Waals surface area contributed by atoms with Gasteiger partial charge in [-0.3, -0.25) is 4.90 Å². The van der Waals surface area contributed by atoms with Crippen LogP contribution in [-0.4, -0.2) is 41.8 Å². The maximum absolute atomic E-state index is 10.1. The lowest BCUT2D eigenvalue weighted by Gasteiger charge is -2.44. The van der Waals surface area contributed by atoms with Gasteiger partial charge >= 0.3 is 0 Å².